The highest BCUT2D eigenvalue weighted by Crippen LogP contribution is 2.48. The van der Waals surface area contributed by atoms with Crippen molar-refractivity contribution in [2.75, 3.05) is 0 Å². The molecule has 0 unspecified atom stereocenters. The first kappa shape index (κ1) is 55.6. The molecule has 0 aromatic heterocycles. The minimum Gasteiger partial charge on any atom is -0.507 e. The number of aromatic hydroxyl groups is 2. The zero-order valence-electron chi connectivity index (χ0n) is 43.9. The summed E-state index contributed by atoms with van der Waals surface area (Å²) in [7, 11) is 0. The van der Waals surface area contributed by atoms with Crippen LogP contribution < -0.4 is 4.74 Å². The predicted molar refractivity (Wildman–Crippen MR) is 263 cm³/mol. The van der Waals surface area contributed by atoms with E-state index < -0.39 is 122 Å². The number of hydrogen-bond acceptors (Lipinski definition) is 21. The van der Waals surface area contributed by atoms with Crippen molar-refractivity contribution in [3.8, 4) is 17.2 Å². The van der Waals surface area contributed by atoms with Crippen LogP contribution in [0.4, 0.5) is 0 Å². The third-order valence-electron chi connectivity index (χ3n) is 16.3. The molecule has 0 amide bonds. The molecule has 0 bridgehead atoms. The van der Waals surface area contributed by atoms with Crippen molar-refractivity contribution in [1.29, 1.82) is 0 Å². The smallest absolute Gasteiger partial charge is 0.202 e. The lowest BCUT2D eigenvalue weighted by Crippen LogP contribution is -2.55. The van der Waals surface area contributed by atoms with E-state index in [9.17, 15) is 45.3 Å². The van der Waals surface area contributed by atoms with Crippen molar-refractivity contribution < 1.29 is 102 Å². The van der Waals surface area contributed by atoms with Crippen LogP contribution in [0.5, 0.6) is 17.2 Å². The fourth-order valence-corrected chi connectivity index (χ4v) is 12.1. The summed E-state index contributed by atoms with van der Waals surface area (Å²) >= 11 is 0. The number of carbonyl (C=O) groups is 2. The number of aliphatic hydroxyl groups excluding tert-OH is 5. The van der Waals surface area contributed by atoms with E-state index in [1.54, 1.807) is 40.7 Å². The van der Waals surface area contributed by atoms with E-state index in [-0.39, 0.29) is 89.1 Å². The molecule has 10 rings (SSSR count). The van der Waals surface area contributed by atoms with Crippen LogP contribution in [0.1, 0.15) is 137 Å². The molecule has 6 heterocycles. The van der Waals surface area contributed by atoms with Gasteiger partial charge in [0, 0.05) is 61.7 Å². The third kappa shape index (κ3) is 11.4. The van der Waals surface area contributed by atoms with E-state index in [1.165, 1.54) is 18.2 Å². The Labute approximate surface area is 441 Å². The van der Waals surface area contributed by atoms with Gasteiger partial charge in [0.25, 0.3) is 0 Å². The summed E-state index contributed by atoms with van der Waals surface area (Å²) in [6.07, 6.45) is -11.7. The van der Waals surface area contributed by atoms with Gasteiger partial charge in [-0.2, -0.15) is 0 Å². The summed E-state index contributed by atoms with van der Waals surface area (Å²) in [6, 6.07) is 5.73. The van der Waals surface area contributed by atoms with Crippen LogP contribution in [0.15, 0.2) is 29.8 Å². The molecular formula is C55H74O21. The lowest BCUT2D eigenvalue weighted by Gasteiger charge is -2.45. The number of rotatable bonds is 12. The zero-order chi connectivity index (χ0) is 54.0. The summed E-state index contributed by atoms with van der Waals surface area (Å²) in [5.41, 5.74) is 0.353. The van der Waals surface area contributed by atoms with Gasteiger partial charge in [0.1, 0.15) is 35.6 Å². The molecule has 8 aliphatic rings. The summed E-state index contributed by atoms with van der Waals surface area (Å²) in [4.78, 5) is 28.4. The minimum absolute atomic E-state index is 0.0191. The second-order valence-corrected chi connectivity index (χ2v) is 21.9. The first-order valence-electron chi connectivity index (χ1n) is 27.0. The van der Waals surface area contributed by atoms with Crippen molar-refractivity contribution in [2.45, 2.75) is 248 Å². The number of phenols is 2. The summed E-state index contributed by atoms with van der Waals surface area (Å²) in [6.45, 7) is 12.5. The highest BCUT2D eigenvalue weighted by molar-refractivity contribution is 6.42. The molecule has 2 aromatic carbocycles. The molecule has 6 saturated heterocycles. The SMILES string of the molecule is Cc1cc(O)c2c(c1)C[C@@H](O)C1=C2C(=O)c2c(O)ccc(O[C@@H]3C[C@H](O)[C@@H](O[C@@H]4C[C@H](O[C@@H]5CC[C@H](O[C@H]6CC[C@@H](O[C@H]7C[C@H](O[C@H]8CC[C@H](O)[C@@H](C)O8)[C@@H](O)[C@H](C)O7)[C@H](C)O6)[C@@H](C)O5)[C@H](O)[C@H](C)O4)[C@H](C)O3)c2C1=O. The standard InChI is InChI=1S/C55H74O21/c1-22-16-29-18-33(59)48-50(46(29)32(58)17-22)54(64)47-31(57)8-10-37(49(47)53(48)63)73-43-19-34(60)55(28(7)70-43)76-45-21-39(52(62)27(6)69-45)75-42-15-11-35(24(3)67-42)71-41-14-12-36(25(4)66-41)72-44-20-38(51(61)26(5)68-44)74-40-13-9-30(56)23(2)65-40/h8,10,16-17,23-28,30,33-36,38-45,51-52,55-62H,9,11-15,18-21H2,1-7H3/t23-,24-,25+,26+,27+,28+,30+,33-,34+,35+,36-,38+,39+,40+,41+,42-,43-,44+,45-,51+,52-,55+/m1/s1. The summed E-state index contributed by atoms with van der Waals surface area (Å²) < 4.78 is 74.6. The number of aryl methyl sites for hydroxylation is 1. The number of aliphatic hydroxyl groups is 5. The third-order valence-corrected chi connectivity index (χ3v) is 16.3. The number of carbonyl (C=O) groups excluding carboxylic acids is 2. The molecular weight excluding hydrogens is 997 g/mol. The number of ether oxygens (including phenoxy) is 12. The lowest BCUT2D eigenvalue weighted by atomic mass is 9.72. The molecule has 6 aliphatic heterocycles. The van der Waals surface area contributed by atoms with E-state index in [2.05, 4.69) is 0 Å². The molecule has 21 heteroatoms. The lowest BCUT2D eigenvalue weighted by molar-refractivity contribution is -0.333. The Hall–Kier alpha value is -3.72. The normalized spacial score (nSPS) is 42.0. The van der Waals surface area contributed by atoms with Gasteiger partial charge in [-0.05, 0) is 97.1 Å². The van der Waals surface area contributed by atoms with Gasteiger partial charge in [0.05, 0.1) is 90.5 Å². The number of allylic oxidation sites excluding steroid dienone is 1. The number of hydrogen-bond donors (Lipinski definition) is 7. The van der Waals surface area contributed by atoms with Gasteiger partial charge >= 0.3 is 0 Å². The molecule has 0 spiro atoms. The summed E-state index contributed by atoms with van der Waals surface area (Å²) in [5, 5.41) is 76.7. The molecule has 420 valence electrons. The monoisotopic (exact) mass is 1070 g/mol. The van der Waals surface area contributed by atoms with Crippen molar-refractivity contribution in [2.24, 2.45) is 0 Å². The van der Waals surface area contributed by atoms with Gasteiger partial charge in [-0.1, -0.05) is 6.07 Å². The molecule has 6 fully saturated rings. The van der Waals surface area contributed by atoms with Crippen molar-refractivity contribution >= 4 is 17.1 Å². The fraction of sp³-hybridized carbons (Fsp3) is 0.709. The van der Waals surface area contributed by atoms with Gasteiger partial charge in [-0.3, -0.25) is 9.59 Å². The van der Waals surface area contributed by atoms with Crippen LogP contribution in [0.2, 0.25) is 0 Å². The van der Waals surface area contributed by atoms with Gasteiger partial charge < -0.3 is 92.6 Å². The maximum absolute atomic E-state index is 14.2. The minimum atomic E-state index is -1.37. The number of phenolic OH excluding ortho intramolecular Hbond substituents is 2. The van der Waals surface area contributed by atoms with Crippen LogP contribution in [0.25, 0.3) is 5.57 Å². The van der Waals surface area contributed by atoms with E-state index in [1.807, 2.05) is 13.8 Å². The Bertz CT molecular complexity index is 2450. The maximum atomic E-state index is 14.2. The number of Topliss-reactive ketones (excluding diaryl/α,β-unsaturated/α-hetero) is 2. The zero-order valence-corrected chi connectivity index (χ0v) is 43.9. The van der Waals surface area contributed by atoms with E-state index in [4.69, 9.17) is 56.8 Å². The summed E-state index contributed by atoms with van der Waals surface area (Å²) in [5.74, 6) is -2.31. The van der Waals surface area contributed by atoms with E-state index >= 15 is 0 Å². The van der Waals surface area contributed by atoms with Gasteiger partial charge in [0.15, 0.2) is 43.0 Å². The maximum Gasteiger partial charge on any atom is 0.202 e. The number of ketones is 2. The van der Waals surface area contributed by atoms with Crippen molar-refractivity contribution in [1.82, 2.24) is 0 Å². The highest BCUT2D eigenvalue weighted by Gasteiger charge is 2.48. The highest BCUT2D eigenvalue weighted by atomic mass is 16.8. The molecule has 21 nitrogen and oxygen atoms in total. The van der Waals surface area contributed by atoms with Crippen LogP contribution in [0.3, 0.4) is 0 Å². The second kappa shape index (κ2) is 22.8. The fourth-order valence-electron chi connectivity index (χ4n) is 12.1. The molecule has 2 aliphatic carbocycles. The van der Waals surface area contributed by atoms with Crippen LogP contribution in [-0.4, -0.2) is 183 Å². The Kier molecular flexibility index (Phi) is 16.7. The molecule has 7 N–H and O–H groups in total. The van der Waals surface area contributed by atoms with Crippen molar-refractivity contribution in [3.05, 3.63) is 57.7 Å². The Morgan fingerprint density at radius 2 is 1.01 bits per heavy atom. The average Bonchev–Trinajstić information content (AvgIpc) is 3.41. The van der Waals surface area contributed by atoms with E-state index in [0.29, 0.717) is 56.1 Å². The quantitative estimate of drug-likeness (QED) is 0.159. The van der Waals surface area contributed by atoms with Gasteiger partial charge in [-0.15, -0.1) is 0 Å². The number of benzene rings is 2. The predicted octanol–water partition coefficient (Wildman–Crippen LogP) is 3.88. The van der Waals surface area contributed by atoms with Gasteiger partial charge in [0.2, 0.25) is 6.29 Å². The Morgan fingerprint density at radius 1 is 0.487 bits per heavy atom. The molecule has 0 radical (unpaired) electrons. The average molecular weight is 1070 g/mol. The Balaban J connectivity index is 0.692. The van der Waals surface area contributed by atoms with Crippen LogP contribution in [0, 0.1) is 6.92 Å². The molecule has 22 atom stereocenters. The van der Waals surface area contributed by atoms with Crippen LogP contribution in [-0.2, 0) is 58.5 Å². The molecule has 0 saturated carbocycles. The largest absolute Gasteiger partial charge is 0.507 e. The topological polar surface area (TPSA) is 287 Å². The first-order valence-corrected chi connectivity index (χ1v) is 27.0. The molecule has 2 aromatic rings. The number of fused-ring (bicyclic) bond motifs is 3. The second-order valence-electron chi connectivity index (χ2n) is 21.9. The Morgan fingerprint density at radius 3 is 1.59 bits per heavy atom. The van der Waals surface area contributed by atoms with Gasteiger partial charge in [-0.25, -0.2) is 0 Å². The molecule has 76 heavy (non-hydrogen) atoms. The van der Waals surface area contributed by atoms with Crippen LogP contribution >= 0.6 is 0 Å². The first-order chi connectivity index (χ1) is 36.2. The van der Waals surface area contributed by atoms with Crippen molar-refractivity contribution in [3.63, 3.8) is 0 Å². The van der Waals surface area contributed by atoms with E-state index in [0.717, 1.165) is 0 Å².